The van der Waals surface area contributed by atoms with Gasteiger partial charge >= 0.3 is 0 Å². The normalized spacial score (nSPS) is 13.0. The maximum atomic E-state index is 11.7. The third-order valence-corrected chi connectivity index (χ3v) is 3.84. The zero-order chi connectivity index (χ0) is 12.9. The van der Waals surface area contributed by atoms with Crippen molar-refractivity contribution in [2.75, 3.05) is 5.75 Å². The van der Waals surface area contributed by atoms with Crippen molar-refractivity contribution in [3.8, 4) is 6.07 Å². The monoisotopic (exact) mass is 253 g/mol. The minimum atomic E-state index is -3.17. The van der Waals surface area contributed by atoms with Gasteiger partial charge in [0.05, 0.1) is 11.5 Å². The van der Waals surface area contributed by atoms with Crippen LogP contribution in [0.15, 0.2) is 18.3 Å². The number of hydrogen-bond acceptors (Lipinski definition) is 5. The molecule has 17 heavy (non-hydrogen) atoms. The summed E-state index contributed by atoms with van der Waals surface area (Å²) in [7, 11) is -3.17. The van der Waals surface area contributed by atoms with Gasteiger partial charge in [0.1, 0.15) is 11.8 Å². The van der Waals surface area contributed by atoms with Gasteiger partial charge in [-0.25, -0.2) is 13.4 Å². The summed E-state index contributed by atoms with van der Waals surface area (Å²) in [6.07, 6.45) is 1.88. The van der Waals surface area contributed by atoms with Crippen molar-refractivity contribution in [3.63, 3.8) is 0 Å². The van der Waals surface area contributed by atoms with Gasteiger partial charge in [0, 0.05) is 12.2 Å². The molecule has 2 N–H and O–H groups in total. The smallest absolute Gasteiger partial charge is 0.154 e. The number of pyridine rings is 1. The fourth-order valence-corrected chi connectivity index (χ4v) is 2.88. The maximum Gasteiger partial charge on any atom is 0.154 e. The van der Waals surface area contributed by atoms with E-state index in [-0.39, 0.29) is 23.2 Å². The number of rotatable bonds is 5. The Bertz CT molecular complexity index is 518. The maximum absolute atomic E-state index is 11.7. The molecule has 0 aliphatic heterocycles. The average Bonchev–Trinajstić information content (AvgIpc) is 2.26. The Morgan fingerprint density at radius 2 is 2.29 bits per heavy atom. The Kier molecular flexibility index (Phi) is 4.61. The SMILES string of the molecule is CC(N)CCS(=O)(=O)Cc1ccnc(C#N)c1. The van der Waals surface area contributed by atoms with Crippen LogP contribution in [0.5, 0.6) is 0 Å². The second-order valence-corrected chi connectivity index (χ2v) is 6.20. The van der Waals surface area contributed by atoms with Gasteiger partial charge in [0.25, 0.3) is 0 Å². The van der Waals surface area contributed by atoms with Crippen molar-refractivity contribution >= 4 is 9.84 Å². The molecule has 92 valence electrons. The third kappa shape index (κ3) is 4.93. The zero-order valence-corrected chi connectivity index (χ0v) is 10.4. The minimum absolute atomic E-state index is 0.0644. The van der Waals surface area contributed by atoms with E-state index in [1.807, 2.05) is 6.07 Å². The van der Waals surface area contributed by atoms with E-state index in [0.29, 0.717) is 12.0 Å². The van der Waals surface area contributed by atoms with E-state index in [1.165, 1.54) is 12.3 Å². The molecule has 1 rings (SSSR count). The average molecular weight is 253 g/mol. The predicted molar refractivity (Wildman–Crippen MR) is 64.7 cm³/mol. The molecule has 1 heterocycles. The molecule has 0 aromatic carbocycles. The standard InChI is InChI=1S/C11H15N3O2S/c1-9(13)3-5-17(15,16)8-10-2-4-14-11(6-10)7-12/h2,4,6,9H,3,5,8,13H2,1H3. The Balaban J connectivity index is 2.73. The summed E-state index contributed by atoms with van der Waals surface area (Å²) < 4.78 is 23.5. The molecule has 0 aliphatic rings. The molecular formula is C11H15N3O2S. The van der Waals surface area contributed by atoms with Crippen LogP contribution >= 0.6 is 0 Å². The zero-order valence-electron chi connectivity index (χ0n) is 9.63. The fourth-order valence-electron chi connectivity index (χ4n) is 1.32. The molecular weight excluding hydrogens is 238 g/mol. The molecule has 0 radical (unpaired) electrons. The highest BCUT2D eigenvalue weighted by atomic mass is 32.2. The molecule has 0 aliphatic carbocycles. The molecule has 0 bridgehead atoms. The summed E-state index contributed by atoms with van der Waals surface area (Å²) in [4.78, 5) is 3.79. The van der Waals surface area contributed by atoms with Crippen LogP contribution < -0.4 is 5.73 Å². The highest BCUT2D eigenvalue weighted by molar-refractivity contribution is 7.90. The molecule has 1 aromatic heterocycles. The molecule has 0 amide bonds. The van der Waals surface area contributed by atoms with Crippen LogP contribution in [0, 0.1) is 11.3 Å². The number of nitriles is 1. The van der Waals surface area contributed by atoms with Crippen molar-refractivity contribution in [3.05, 3.63) is 29.6 Å². The summed E-state index contributed by atoms with van der Waals surface area (Å²) >= 11 is 0. The molecule has 0 spiro atoms. The Hall–Kier alpha value is -1.45. The van der Waals surface area contributed by atoms with Crippen LogP contribution in [0.3, 0.4) is 0 Å². The van der Waals surface area contributed by atoms with Crippen LogP contribution in [0.4, 0.5) is 0 Å². The van der Waals surface area contributed by atoms with Crippen molar-refractivity contribution < 1.29 is 8.42 Å². The van der Waals surface area contributed by atoms with E-state index in [0.717, 1.165) is 0 Å². The second-order valence-electron chi connectivity index (χ2n) is 4.02. The summed E-state index contributed by atoms with van der Waals surface area (Å²) in [6, 6.07) is 4.84. The highest BCUT2D eigenvalue weighted by Crippen LogP contribution is 2.08. The van der Waals surface area contributed by atoms with Crippen LogP contribution in [-0.2, 0) is 15.6 Å². The lowest BCUT2D eigenvalue weighted by molar-refractivity contribution is 0.586. The van der Waals surface area contributed by atoms with E-state index < -0.39 is 9.84 Å². The van der Waals surface area contributed by atoms with E-state index in [2.05, 4.69) is 4.98 Å². The van der Waals surface area contributed by atoms with Crippen LogP contribution in [-0.4, -0.2) is 25.2 Å². The van der Waals surface area contributed by atoms with Crippen molar-refractivity contribution in [1.82, 2.24) is 4.98 Å². The molecule has 1 unspecified atom stereocenters. The largest absolute Gasteiger partial charge is 0.328 e. The van der Waals surface area contributed by atoms with Crippen LogP contribution in [0.1, 0.15) is 24.6 Å². The lowest BCUT2D eigenvalue weighted by Crippen LogP contribution is -2.20. The molecule has 0 saturated heterocycles. The summed E-state index contributed by atoms with van der Waals surface area (Å²) in [5, 5.41) is 8.66. The summed E-state index contributed by atoms with van der Waals surface area (Å²) in [5.74, 6) is -0.00814. The predicted octanol–water partition coefficient (Wildman–Crippen LogP) is 0.605. The molecule has 1 atom stereocenters. The fraction of sp³-hybridized carbons (Fsp3) is 0.455. The van der Waals surface area contributed by atoms with Crippen molar-refractivity contribution in [1.29, 1.82) is 5.26 Å². The van der Waals surface area contributed by atoms with Crippen LogP contribution in [0.2, 0.25) is 0 Å². The first-order valence-corrected chi connectivity index (χ1v) is 7.06. The lowest BCUT2D eigenvalue weighted by atomic mass is 10.2. The molecule has 0 saturated carbocycles. The molecule has 6 heteroatoms. The molecule has 5 nitrogen and oxygen atoms in total. The first-order chi connectivity index (χ1) is 7.93. The first-order valence-electron chi connectivity index (χ1n) is 5.24. The number of sulfone groups is 1. The summed E-state index contributed by atoms with van der Waals surface area (Å²) in [6.45, 7) is 1.77. The number of hydrogen-bond donors (Lipinski definition) is 1. The van der Waals surface area contributed by atoms with Gasteiger partial charge in [-0.05, 0) is 31.0 Å². The van der Waals surface area contributed by atoms with Crippen molar-refractivity contribution in [2.24, 2.45) is 5.73 Å². The Labute approximate surface area is 101 Å². The molecule has 1 aromatic rings. The van der Waals surface area contributed by atoms with E-state index in [9.17, 15) is 8.42 Å². The molecule has 0 fully saturated rings. The summed E-state index contributed by atoms with van der Waals surface area (Å²) in [5.41, 5.74) is 6.33. The quantitative estimate of drug-likeness (QED) is 0.829. The van der Waals surface area contributed by atoms with Crippen molar-refractivity contribution in [2.45, 2.75) is 25.1 Å². The van der Waals surface area contributed by atoms with Gasteiger partial charge < -0.3 is 5.73 Å². The number of nitrogens with two attached hydrogens (primary N) is 1. The van der Waals surface area contributed by atoms with Gasteiger partial charge in [-0.15, -0.1) is 0 Å². The van der Waals surface area contributed by atoms with Gasteiger partial charge in [-0.1, -0.05) is 0 Å². The topological polar surface area (TPSA) is 96.8 Å². The highest BCUT2D eigenvalue weighted by Gasteiger charge is 2.13. The van der Waals surface area contributed by atoms with E-state index in [4.69, 9.17) is 11.0 Å². The third-order valence-electron chi connectivity index (χ3n) is 2.21. The minimum Gasteiger partial charge on any atom is -0.328 e. The Morgan fingerprint density at radius 1 is 1.59 bits per heavy atom. The number of nitrogens with zero attached hydrogens (tertiary/aromatic N) is 2. The van der Waals surface area contributed by atoms with E-state index >= 15 is 0 Å². The lowest BCUT2D eigenvalue weighted by Gasteiger charge is -2.06. The Morgan fingerprint density at radius 3 is 2.88 bits per heavy atom. The van der Waals surface area contributed by atoms with Gasteiger partial charge in [0.15, 0.2) is 9.84 Å². The van der Waals surface area contributed by atoms with Gasteiger partial charge in [0.2, 0.25) is 0 Å². The van der Waals surface area contributed by atoms with E-state index in [1.54, 1.807) is 13.0 Å². The second kappa shape index (κ2) is 5.75. The van der Waals surface area contributed by atoms with Crippen LogP contribution in [0.25, 0.3) is 0 Å². The first kappa shape index (κ1) is 13.6. The van der Waals surface area contributed by atoms with Gasteiger partial charge in [-0.3, -0.25) is 0 Å². The number of aromatic nitrogens is 1. The van der Waals surface area contributed by atoms with Gasteiger partial charge in [-0.2, -0.15) is 5.26 Å².